The summed E-state index contributed by atoms with van der Waals surface area (Å²) >= 11 is 0. The zero-order valence-electron chi connectivity index (χ0n) is 9.55. The highest BCUT2D eigenvalue weighted by atomic mass is 16.3. The first-order chi connectivity index (χ1) is 7.52. The number of carbonyl (C=O) groups is 1. The number of hydrogen-bond acceptors (Lipinski definition) is 4. The van der Waals surface area contributed by atoms with E-state index >= 15 is 0 Å². The van der Waals surface area contributed by atoms with Gasteiger partial charge in [0.25, 0.3) is 0 Å². The summed E-state index contributed by atoms with van der Waals surface area (Å²) in [5.74, 6) is 0.392. The number of carbonyl (C=O) groups excluding carboxylic acids is 1. The molecular weight excluding hydrogens is 208 g/mol. The highest BCUT2D eigenvalue weighted by Gasteiger charge is 2.15. The van der Waals surface area contributed by atoms with Crippen molar-refractivity contribution < 1.29 is 9.90 Å². The molecule has 0 radical (unpaired) electrons. The highest BCUT2D eigenvalue weighted by Crippen LogP contribution is 2.01. The summed E-state index contributed by atoms with van der Waals surface area (Å²) in [7, 11) is 0. The van der Waals surface area contributed by atoms with E-state index in [-0.39, 0.29) is 31.0 Å². The predicted octanol–water partition coefficient (Wildman–Crippen LogP) is -0.402. The Kier molecular flexibility index (Phi) is 4.30. The van der Waals surface area contributed by atoms with Crippen LogP contribution in [-0.4, -0.2) is 33.4 Å². The van der Waals surface area contributed by atoms with Crippen LogP contribution < -0.4 is 11.1 Å². The van der Waals surface area contributed by atoms with Gasteiger partial charge >= 0.3 is 0 Å². The second-order valence-electron chi connectivity index (χ2n) is 4.04. The van der Waals surface area contributed by atoms with Gasteiger partial charge in [0.1, 0.15) is 12.4 Å². The minimum absolute atomic E-state index is 0.0648. The summed E-state index contributed by atoms with van der Waals surface area (Å²) in [6.45, 7) is 3.92. The lowest BCUT2D eigenvalue weighted by atomic mass is 10.1. The Morgan fingerprint density at radius 2 is 2.38 bits per heavy atom. The smallest absolute Gasteiger partial charge is 0.242 e. The standard InChI is InChI=1S/C10H18N4O2/c1-7(2)8(6-15)12-10(16)5-14-4-3-9(11)13-14/h3-4,7-8,15H,5-6H2,1-2H3,(H2,11,13)(H,12,16). The van der Waals surface area contributed by atoms with E-state index in [0.717, 1.165) is 0 Å². The number of aliphatic hydroxyl groups excluding tert-OH is 1. The second-order valence-corrected chi connectivity index (χ2v) is 4.04. The van der Waals surface area contributed by atoms with Crippen LogP contribution in [0.15, 0.2) is 12.3 Å². The highest BCUT2D eigenvalue weighted by molar-refractivity contribution is 5.76. The Bertz CT molecular complexity index is 348. The van der Waals surface area contributed by atoms with Crippen molar-refractivity contribution in [2.45, 2.75) is 26.4 Å². The molecule has 0 aliphatic carbocycles. The lowest BCUT2D eigenvalue weighted by Gasteiger charge is -2.19. The lowest BCUT2D eigenvalue weighted by molar-refractivity contribution is -0.123. The first kappa shape index (κ1) is 12.5. The van der Waals surface area contributed by atoms with Gasteiger partial charge in [-0.05, 0) is 12.0 Å². The van der Waals surface area contributed by atoms with Gasteiger partial charge in [0.2, 0.25) is 5.91 Å². The van der Waals surface area contributed by atoms with Gasteiger partial charge < -0.3 is 16.2 Å². The van der Waals surface area contributed by atoms with Crippen molar-refractivity contribution in [3.63, 3.8) is 0 Å². The average molecular weight is 226 g/mol. The van der Waals surface area contributed by atoms with E-state index in [0.29, 0.717) is 5.82 Å². The number of hydrogen-bond donors (Lipinski definition) is 3. The Balaban J connectivity index is 2.47. The third-order valence-electron chi connectivity index (χ3n) is 2.31. The number of nitrogen functional groups attached to an aromatic ring is 1. The van der Waals surface area contributed by atoms with Crippen LogP contribution >= 0.6 is 0 Å². The van der Waals surface area contributed by atoms with Gasteiger partial charge in [-0.15, -0.1) is 0 Å². The van der Waals surface area contributed by atoms with Crippen molar-refractivity contribution in [1.29, 1.82) is 0 Å². The monoisotopic (exact) mass is 226 g/mol. The van der Waals surface area contributed by atoms with Crippen LogP contribution in [0.2, 0.25) is 0 Å². The average Bonchev–Trinajstić information content (AvgIpc) is 2.60. The quantitative estimate of drug-likeness (QED) is 0.636. The van der Waals surface area contributed by atoms with Crippen molar-refractivity contribution in [2.75, 3.05) is 12.3 Å². The molecule has 0 saturated carbocycles. The van der Waals surface area contributed by atoms with Crippen molar-refractivity contribution in [3.8, 4) is 0 Å². The maximum Gasteiger partial charge on any atom is 0.242 e. The minimum atomic E-state index is -0.222. The lowest BCUT2D eigenvalue weighted by Crippen LogP contribution is -2.42. The molecule has 6 heteroatoms. The van der Waals surface area contributed by atoms with E-state index in [4.69, 9.17) is 10.8 Å². The summed E-state index contributed by atoms with van der Waals surface area (Å²) in [5.41, 5.74) is 5.43. The summed E-state index contributed by atoms with van der Waals surface area (Å²) in [5, 5.41) is 15.7. The predicted molar refractivity (Wildman–Crippen MR) is 60.5 cm³/mol. The fourth-order valence-electron chi connectivity index (χ4n) is 1.29. The number of amides is 1. The Morgan fingerprint density at radius 3 is 2.81 bits per heavy atom. The van der Waals surface area contributed by atoms with Gasteiger partial charge in [-0.1, -0.05) is 13.8 Å². The normalized spacial score (nSPS) is 12.8. The molecule has 1 atom stereocenters. The maximum atomic E-state index is 11.6. The Labute approximate surface area is 94.4 Å². The molecule has 0 bridgehead atoms. The van der Waals surface area contributed by atoms with Crippen molar-refractivity contribution in [1.82, 2.24) is 15.1 Å². The van der Waals surface area contributed by atoms with Gasteiger partial charge in [-0.25, -0.2) is 0 Å². The molecule has 1 rings (SSSR count). The van der Waals surface area contributed by atoms with Crippen LogP contribution in [0, 0.1) is 5.92 Å². The number of anilines is 1. The Morgan fingerprint density at radius 1 is 1.69 bits per heavy atom. The zero-order valence-corrected chi connectivity index (χ0v) is 9.55. The molecule has 1 heterocycles. The summed E-state index contributed by atoms with van der Waals surface area (Å²) in [4.78, 5) is 11.6. The number of nitrogens with one attached hydrogen (secondary N) is 1. The molecule has 4 N–H and O–H groups in total. The molecule has 0 aliphatic heterocycles. The molecule has 1 amide bonds. The largest absolute Gasteiger partial charge is 0.394 e. The molecule has 6 nitrogen and oxygen atoms in total. The minimum Gasteiger partial charge on any atom is -0.394 e. The number of aromatic nitrogens is 2. The van der Waals surface area contributed by atoms with Crippen LogP contribution in [0.1, 0.15) is 13.8 Å². The molecular formula is C10H18N4O2. The third-order valence-corrected chi connectivity index (χ3v) is 2.31. The molecule has 0 fully saturated rings. The van der Waals surface area contributed by atoms with Gasteiger partial charge in [0.15, 0.2) is 0 Å². The molecule has 1 aromatic rings. The second kappa shape index (κ2) is 5.50. The van der Waals surface area contributed by atoms with Gasteiger partial charge in [-0.3, -0.25) is 9.48 Å². The molecule has 0 saturated heterocycles. The van der Waals surface area contributed by atoms with Gasteiger partial charge in [0.05, 0.1) is 12.6 Å². The fourth-order valence-corrected chi connectivity index (χ4v) is 1.29. The number of nitrogens with zero attached hydrogens (tertiary/aromatic N) is 2. The molecule has 90 valence electrons. The van der Waals surface area contributed by atoms with Crippen LogP contribution in [0.5, 0.6) is 0 Å². The molecule has 0 spiro atoms. The van der Waals surface area contributed by atoms with E-state index in [1.165, 1.54) is 4.68 Å². The van der Waals surface area contributed by atoms with Crippen molar-refractivity contribution in [3.05, 3.63) is 12.3 Å². The summed E-state index contributed by atoms with van der Waals surface area (Å²) in [6.07, 6.45) is 1.64. The number of rotatable bonds is 5. The topological polar surface area (TPSA) is 93.2 Å². The van der Waals surface area contributed by atoms with E-state index in [1.54, 1.807) is 12.3 Å². The van der Waals surface area contributed by atoms with E-state index in [9.17, 15) is 4.79 Å². The summed E-state index contributed by atoms with van der Waals surface area (Å²) in [6, 6.07) is 1.40. The third kappa shape index (κ3) is 3.54. The van der Waals surface area contributed by atoms with E-state index in [2.05, 4.69) is 10.4 Å². The Hall–Kier alpha value is -1.56. The molecule has 1 unspecified atom stereocenters. The van der Waals surface area contributed by atoms with E-state index < -0.39 is 0 Å². The van der Waals surface area contributed by atoms with Gasteiger partial charge in [-0.2, -0.15) is 5.10 Å². The molecule has 0 aliphatic rings. The summed E-state index contributed by atoms with van der Waals surface area (Å²) < 4.78 is 1.46. The van der Waals surface area contributed by atoms with Crippen LogP contribution in [-0.2, 0) is 11.3 Å². The van der Waals surface area contributed by atoms with Crippen LogP contribution in [0.3, 0.4) is 0 Å². The number of aliphatic hydroxyl groups is 1. The molecule has 16 heavy (non-hydrogen) atoms. The zero-order chi connectivity index (χ0) is 12.1. The van der Waals surface area contributed by atoms with Crippen LogP contribution in [0.25, 0.3) is 0 Å². The SMILES string of the molecule is CC(C)C(CO)NC(=O)Cn1ccc(N)n1. The van der Waals surface area contributed by atoms with Gasteiger partial charge in [0, 0.05) is 6.20 Å². The van der Waals surface area contributed by atoms with Crippen molar-refractivity contribution >= 4 is 11.7 Å². The number of nitrogens with two attached hydrogens (primary N) is 1. The first-order valence-electron chi connectivity index (χ1n) is 5.22. The van der Waals surface area contributed by atoms with E-state index in [1.807, 2.05) is 13.8 Å². The molecule has 0 aromatic carbocycles. The molecule has 1 aromatic heterocycles. The fraction of sp³-hybridized carbons (Fsp3) is 0.600. The van der Waals surface area contributed by atoms with Crippen LogP contribution in [0.4, 0.5) is 5.82 Å². The maximum absolute atomic E-state index is 11.6. The first-order valence-corrected chi connectivity index (χ1v) is 5.22. The van der Waals surface area contributed by atoms with Crippen molar-refractivity contribution in [2.24, 2.45) is 5.92 Å².